The van der Waals surface area contributed by atoms with Crippen molar-refractivity contribution in [2.45, 2.75) is 45.1 Å². The molecule has 1 heterocycles. The van der Waals surface area contributed by atoms with Crippen LogP contribution in [0.2, 0.25) is 5.02 Å². The van der Waals surface area contributed by atoms with Gasteiger partial charge < -0.3 is 10.2 Å². The van der Waals surface area contributed by atoms with Crippen molar-refractivity contribution in [3.63, 3.8) is 0 Å². The van der Waals surface area contributed by atoms with Crippen LogP contribution in [0.15, 0.2) is 12.4 Å². The Labute approximate surface area is 123 Å². The summed E-state index contributed by atoms with van der Waals surface area (Å²) in [6, 6.07) is 0. The summed E-state index contributed by atoms with van der Waals surface area (Å²) in [7, 11) is 0. The van der Waals surface area contributed by atoms with E-state index in [0.29, 0.717) is 17.9 Å². The molecule has 110 valence electrons. The van der Waals surface area contributed by atoms with Crippen LogP contribution in [0.1, 0.15) is 51.0 Å². The summed E-state index contributed by atoms with van der Waals surface area (Å²) in [5.74, 6) is -1.05. The van der Waals surface area contributed by atoms with Gasteiger partial charge in [0, 0.05) is 18.3 Å². The monoisotopic (exact) mass is 298 g/mol. The second-order valence-electron chi connectivity index (χ2n) is 5.51. The van der Waals surface area contributed by atoms with Crippen LogP contribution in [0.4, 0.5) is 0 Å². The molecule has 0 bridgehead atoms. The van der Waals surface area contributed by atoms with E-state index in [1.807, 2.05) is 0 Å². The first kappa shape index (κ1) is 15.2. The molecule has 2 N–H and O–H groups in total. The van der Waals surface area contributed by atoms with E-state index in [-0.39, 0.29) is 5.82 Å². The Morgan fingerprint density at radius 2 is 1.85 bits per heavy atom. The third-order valence-electron chi connectivity index (χ3n) is 4.42. The number of carboxylic acid groups (broad SMARTS) is 1. The van der Waals surface area contributed by atoms with Crippen LogP contribution in [0.5, 0.6) is 0 Å². The minimum atomic E-state index is -0.999. The first-order valence-electron chi connectivity index (χ1n) is 6.86. The maximum Gasteiger partial charge on any atom is 0.310 e. The van der Waals surface area contributed by atoms with Gasteiger partial charge in [-0.2, -0.15) is 0 Å². The predicted octanol–water partition coefficient (Wildman–Crippen LogP) is 2.83. The SMILES string of the molecule is CC(C(O)c1ncc(Cl)cn1)C1(C(=O)O)CCCCC1. The first-order valence-corrected chi connectivity index (χ1v) is 7.24. The van der Waals surface area contributed by atoms with Crippen LogP contribution in [0, 0.1) is 11.3 Å². The zero-order valence-electron chi connectivity index (χ0n) is 11.4. The number of carboxylic acids is 1. The molecule has 2 rings (SSSR count). The highest BCUT2D eigenvalue weighted by Crippen LogP contribution is 2.47. The van der Waals surface area contributed by atoms with Crippen LogP contribution in [-0.4, -0.2) is 26.2 Å². The van der Waals surface area contributed by atoms with Gasteiger partial charge in [-0.15, -0.1) is 0 Å². The number of aliphatic hydroxyl groups is 1. The van der Waals surface area contributed by atoms with Crippen LogP contribution in [-0.2, 0) is 4.79 Å². The van der Waals surface area contributed by atoms with Crippen molar-refractivity contribution in [3.8, 4) is 0 Å². The molecule has 20 heavy (non-hydrogen) atoms. The molecule has 1 aromatic heterocycles. The molecule has 0 aromatic carbocycles. The summed E-state index contributed by atoms with van der Waals surface area (Å²) >= 11 is 5.72. The zero-order valence-corrected chi connectivity index (χ0v) is 12.2. The molecule has 1 aliphatic carbocycles. The maximum absolute atomic E-state index is 11.7. The van der Waals surface area contributed by atoms with Crippen molar-refractivity contribution < 1.29 is 15.0 Å². The molecular weight excluding hydrogens is 280 g/mol. The molecule has 2 unspecified atom stereocenters. The number of hydrogen-bond acceptors (Lipinski definition) is 4. The fourth-order valence-corrected chi connectivity index (χ4v) is 3.15. The number of nitrogens with zero attached hydrogens (tertiary/aromatic N) is 2. The summed E-state index contributed by atoms with van der Waals surface area (Å²) in [5.41, 5.74) is -0.888. The highest BCUT2D eigenvalue weighted by molar-refractivity contribution is 6.30. The van der Waals surface area contributed by atoms with Crippen LogP contribution >= 0.6 is 11.6 Å². The van der Waals surface area contributed by atoms with E-state index in [2.05, 4.69) is 9.97 Å². The average Bonchev–Trinajstić information content (AvgIpc) is 2.47. The molecule has 1 saturated carbocycles. The van der Waals surface area contributed by atoms with E-state index in [1.54, 1.807) is 6.92 Å². The summed E-state index contributed by atoms with van der Waals surface area (Å²) in [6.45, 7) is 1.77. The van der Waals surface area contributed by atoms with E-state index in [4.69, 9.17) is 11.6 Å². The lowest BCUT2D eigenvalue weighted by molar-refractivity contribution is -0.159. The Balaban J connectivity index is 2.25. The lowest BCUT2D eigenvalue weighted by atomic mass is 9.64. The Hall–Kier alpha value is -1.20. The fraction of sp³-hybridized carbons (Fsp3) is 0.643. The van der Waals surface area contributed by atoms with Crippen LogP contribution < -0.4 is 0 Å². The molecule has 0 amide bonds. The normalized spacial score (nSPS) is 21.1. The molecule has 1 aromatic rings. The van der Waals surface area contributed by atoms with Crippen molar-refractivity contribution in [2.24, 2.45) is 11.3 Å². The molecule has 6 heteroatoms. The number of hydrogen-bond donors (Lipinski definition) is 2. The van der Waals surface area contributed by atoms with Gasteiger partial charge in [0.15, 0.2) is 5.82 Å². The molecule has 5 nitrogen and oxygen atoms in total. The molecule has 1 aliphatic rings. The standard InChI is InChI=1S/C14H19ClN2O3/c1-9(11(18)12-16-7-10(15)8-17-12)14(13(19)20)5-3-2-4-6-14/h7-9,11,18H,2-6H2,1H3,(H,19,20). The molecular formula is C14H19ClN2O3. The van der Waals surface area contributed by atoms with Gasteiger partial charge in [0.2, 0.25) is 0 Å². The number of aliphatic carboxylic acids is 1. The molecule has 0 saturated heterocycles. The van der Waals surface area contributed by atoms with Crippen molar-refractivity contribution in [1.29, 1.82) is 0 Å². The van der Waals surface area contributed by atoms with Gasteiger partial charge in [-0.25, -0.2) is 9.97 Å². The molecule has 1 fully saturated rings. The van der Waals surface area contributed by atoms with Gasteiger partial charge >= 0.3 is 5.97 Å². The summed E-state index contributed by atoms with van der Waals surface area (Å²) in [5, 5.41) is 20.4. The molecule has 0 aliphatic heterocycles. The minimum absolute atomic E-state index is 0.230. The molecule has 0 spiro atoms. The Bertz CT molecular complexity index is 472. The number of carbonyl (C=O) groups is 1. The van der Waals surface area contributed by atoms with Gasteiger partial charge in [-0.05, 0) is 12.8 Å². The maximum atomic E-state index is 11.7. The Kier molecular flexibility index (Phi) is 4.60. The third kappa shape index (κ3) is 2.79. The molecule has 2 atom stereocenters. The van der Waals surface area contributed by atoms with Crippen molar-refractivity contribution in [3.05, 3.63) is 23.2 Å². The lowest BCUT2D eigenvalue weighted by Gasteiger charge is -2.40. The fourth-order valence-electron chi connectivity index (χ4n) is 3.05. The summed E-state index contributed by atoms with van der Waals surface area (Å²) in [6.07, 6.45) is 5.82. The topological polar surface area (TPSA) is 83.3 Å². The van der Waals surface area contributed by atoms with Crippen LogP contribution in [0.3, 0.4) is 0 Å². The minimum Gasteiger partial charge on any atom is -0.481 e. The van der Waals surface area contributed by atoms with E-state index in [0.717, 1.165) is 19.3 Å². The van der Waals surface area contributed by atoms with E-state index >= 15 is 0 Å². The van der Waals surface area contributed by atoms with Gasteiger partial charge in [-0.3, -0.25) is 4.79 Å². The van der Waals surface area contributed by atoms with E-state index < -0.39 is 23.4 Å². The number of aromatic nitrogens is 2. The predicted molar refractivity (Wildman–Crippen MR) is 74.3 cm³/mol. The quantitative estimate of drug-likeness (QED) is 0.893. The average molecular weight is 299 g/mol. The third-order valence-corrected chi connectivity index (χ3v) is 4.62. The molecule has 0 radical (unpaired) electrons. The van der Waals surface area contributed by atoms with E-state index in [1.165, 1.54) is 12.4 Å². The van der Waals surface area contributed by atoms with E-state index in [9.17, 15) is 15.0 Å². The summed E-state index contributed by atoms with van der Waals surface area (Å²) in [4.78, 5) is 19.7. The smallest absolute Gasteiger partial charge is 0.310 e. The zero-order chi connectivity index (χ0) is 14.8. The first-order chi connectivity index (χ1) is 9.47. The Morgan fingerprint density at radius 1 is 1.30 bits per heavy atom. The van der Waals surface area contributed by atoms with Crippen molar-refractivity contribution in [2.75, 3.05) is 0 Å². The van der Waals surface area contributed by atoms with Crippen molar-refractivity contribution in [1.82, 2.24) is 9.97 Å². The van der Waals surface area contributed by atoms with Gasteiger partial charge in [0.05, 0.1) is 10.4 Å². The lowest BCUT2D eigenvalue weighted by Crippen LogP contribution is -2.42. The van der Waals surface area contributed by atoms with Gasteiger partial charge in [-0.1, -0.05) is 37.8 Å². The highest BCUT2D eigenvalue weighted by Gasteiger charge is 2.47. The second-order valence-corrected chi connectivity index (χ2v) is 5.95. The highest BCUT2D eigenvalue weighted by atomic mass is 35.5. The van der Waals surface area contributed by atoms with Crippen LogP contribution in [0.25, 0.3) is 0 Å². The second kappa shape index (κ2) is 6.06. The summed E-state index contributed by atoms with van der Waals surface area (Å²) < 4.78 is 0. The van der Waals surface area contributed by atoms with Gasteiger partial charge in [0.25, 0.3) is 0 Å². The van der Waals surface area contributed by atoms with Crippen molar-refractivity contribution >= 4 is 17.6 Å². The largest absolute Gasteiger partial charge is 0.481 e. The van der Waals surface area contributed by atoms with Gasteiger partial charge in [0.1, 0.15) is 6.10 Å². The number of halogens is 1. The number of rotatable bonds is 4. The number of aliphatic hydroxyl groups excluding tert-OH is 1. The Morgan fingerprint density at radius 3 is 2.35 bits per heavy atom.